The van der Waals surface area contributed by atoms with Crippen LogP contribution in [0.1, 0.15) is 32.8 Å². The molecule has 0 radical (unpaired) electrons. The summed E-state index contributed by atoms with van der Waals surface area (Å²) in [7, 11) is -8.30. The molecule has 0 spiro atoms. The summed E-state index contributed by atoms with van der Waals surface area (Å²) in [5.74, 6) is -0.338. The maximum absolute atomic E-state index is 11.3. The van der Waals surface area contributed by atoms with E-state index in [2.05, 4.69) is 0 Å². The topological polar surface area (TPSA) is 112 Å². The van der Waals surface area contributed by atoms with Crippen LogP contribution in [0.25, 0.3) is 0 Å². The van der Waals surface area contributed by atoms with Crippen LogP contribution in [0, 0.1) is 0 Å². The Hall–Kier alpha value is -0.290. The van der Waals surface area contributed by atoms with Gasteiger partial charge < -0.3 is 0 Å². The predicted molar refractivity (Wildman–Crippen MR) is 85.8 cm³/mol. The third kappa shape index (κ3) is 4.46. The van der Waals surface area contributed by atoms with E-state index in [-0.39, 0.29) is 46.6 Å². The molecule has 1 aliphatic rings. The van der Waals surface area contributed by atoms with E-state index in [4.69, 9.17) is 4.55 Å². The van der Waals surface area contributed by atoms with Crippen molar-refractivity contribution in [3.8, 4) is 0 Å². The van der Waals surface area contributed by atoms with Crippen molar-refractivity contribution < 1.29 is 60.1 Å². The molecule has 1 aromatic carbocycles. The van der Waals surface area contributed by atoms with Crippen LogP contribution >= 0.6 is 0 Å². The van der Waals surface area contributed by atoms with Crippen LogP contribution in [0.2, 0.25) is 0 Å². The van der Waals surface area contributed by atoms with Crippen molar-refractivity contribution in [2.75, 3.05) is 12.3 Å². The summed E-state index contributed by atoms with van der Waals surface area (Å²) in [6.45, 7) is 6.13. The minimum atomic E-state index is -4.29. The molecule has 0 aromatic heterocycles. The zero-order valence-corrected chi connectivity index (χ0v) is 17.8. The molecule has 2 N–H and O–H groups in total. The van der Waals surface area contributed by atoms with Gasteiger partial charge in [0.05, 0.1) is 16.1 Å². The van der Waals surface area contributed by atoms with Gasteiger partial charge in [-0.1, -0.05) is 0 Å². The Morgan fingerprint density at radius 1 is 1.12 bits per heavy atom. The number of benzene rings is 1. The summed E-state index contributed by atoms with van der Waals surface area (Å²) in [4.78, 5) is -0.170. The minimum Gasteiger partial charge on any atom is -0.286 e. The molecule has 0 bridgehead atoms. The molecule has 0 unspecified atom stereocenters. The van der Waals surface area contributed by atoms with E-state index in [1.165, 1.54) is 12.1 Å². The number of rotatable bonds is 5. The molecule has 128 valence electrons. The first-order valence-corrected chi connectivity index (χ1v) is 10.1. The number of hydrogen-bond donors (Lipinski definition) is 2. The van der Waals surface area contributed by atoms with E-state index in [1.807, 2.05) is 25.3 Å². The summed E-state index contributed by atoms with van der Waals surface area (Å²) in [6.07, 6.45) is 0.242. The average Bonchev–Trinajstić information content (AvgIpc) is 2.57. The molecule has 0 atom stereocenters. The zero-order valence-electron chi connectivity index (χ0n) is 14.1. The van der Waals surface area contributed by atoms with Crippen LogP contribution in [0.4, 0.5) is 5.69 Å². The van der Waals surface area contributed by atoms with Crippen LogP contribution < -0.4 is 29.6 Å². The van der Waals surface area contributed by atoms with Crippen molar-refractivity contribution in [1.82, 2.24) is 0 Å². The van der Waals surface area contributed by atoms with Gasteiger partial charge in [0.25, 0.3) is 20.2 Å². The molecule has 0 saturated heterocycles. The molecule has 1 aliphatic heterocycles. The molecule has 2 rings (SSSR count). The Labute approximate surface area is 164 Å². The zero-order chi connectivity index (χ0) is 17.6. The fraction of sp³-hybridized carbons (Fsp3) is 0.500. The van der Waals surface area contributed by atoms with Gasteiger partial charge in [-0.15, -0.1) is 0 Å². The standard InChI is InChI=1S/C14H19NO6S2.Na/c1-10-14(2,3)12-9-11(23(19,20)21)5-6-13(12)15(10)7-4-8-22(16,17)18;/h5-6,9H,4,7-8H2,1-3H3,(H-,16,17,18,19,20,21);/q;+1/p+1. The van der Waals surface area contributed by atoms with Crippen LogP contribution in [0.15, 0.2) is 23.1 Å². The van der Waals surface area contributed by atoms with E-state index in [9.17, 15) is 21.4 Å². The Bertz CT molecular complexity index is 888. The van der Waals surface area contributed by atoms with Gasteiger partial charge in [0.2, 0.25) is 5.69 Å². The third-order valence-corrected chi connectivity index (χ3v) is 5.98. The van der Waals surface area contributed by atoms with Gasteiger partial charge in [0, 0.05) is 25.0 Å². The van der Waals surface area contributed by atoms with Crippen molar-refractivity contribution in [1.29, 1.82) is 0 Å². The fourth-order valence-corrected chi connectivity index (χ4v) is 3.82. The molecular formula is C14H20NNaO6S2+2. The van der Waals surface area contributed by atoms with E-state index < -0.39 is 25.7 Å². The monoisotopic (exact) mass is 385 g/mol. The molecule has 0 saturated carbocycles. The molecule has 1 heterocycles. The Morgan fingerprint density at radius 2 is 1.71 bits per heavy atom. The molecule has 0 amide bonds. The van der Waals surface area contributed by atoms with E-state index >= 15 is 0 Å². The van der Waals surface area contributed by atoms with Gasteiger partial charge in [-0.05, 0) is 26.0 Å². The first kappa shape index (κ1) is 21.8. The maximum atomic E-state index is 11.3. The van der Waals surface area contributed by atoms with E-state index in [0.29, 0.717) is 6.54 Å². The molecule has 7 nitrogen and oxygen atoms in total. The summed E-state index contributed by atoms with van der Waals surface area (Å²) < 4.78 is 64.3. The van der Waals surface area contributed by atoms with Crippen LogP contribution in [-0.4, -0.2) is 48.5 Å². The van der Waals surface area contributed by atoms with Gasteiger partial charge in [-0.2, -0.15) is 21.4 Å². The first-order valence-electron chi connectivity index (χ1n) is 7.03. The van der Waals surface area contributed by atoms with E-state index in [0.717, 1.165) is 17.0 Å². The van der Waals surface area contributed by atoms with Crippen molar-refractivity contribution in [2.24, 2.45) is 0 Å². The second-order valence-electron chi connectivity index (χ2n) is 6.16. The van der Waals surface area contributed by atoms with Gasteiger partial charge in [-0.25, -0.2) is 0 Å². The van der Waals surface area contributed by atoms with Crippen molar-refractivity contribution >= 4 is 31.6 Å². The molecule has 10 heteroatoms. The number of hydrogen-bond acceptors (Lipinski definition) is 4. The Kier molecular flexibility index (Phi) is 6.47. The predicted octanol–water partition coefficient (Wildman–Crippen LogP) is -1.39. The summed E-state index contributed by atoms with van der Waals surface area (Å²) >= 11 is 0. The smallest absolute Gasteiger partial charge is 0.286 e. The average molecular weight is 385 g/mol. The molecule has 1 aromatic rings. The largest absolute Gasteiger partial charge is 1.00 e. The van der Waals surface area contributed by atoms with E-state index in [1.54, 1.807) is 6.07 Å². The molecule has 0 aliphatic carbocycles. The van der Waals surface area contributed by atoms with Crippen LogP contribution in [0.5, 0.6) is 0 Å². The van der Waals surface area contributed by atoms with Gasteiger partial charge in [0.1, 0.15) is 6.54 Å². The quantitative estimate of drug-likeness (QED) is 0.367. The number of nitrogens with zero attached hydrogens (tertiary/aromatic N) is 1. The van der Waals surface area contributed by atoms with Gasteiger partial charge >= 0.3 is 29.6 Å². The molecule has 24 heavy (non-hydrogen) atoms. The summed E-state index contributed by atoms with van der Waals surface area (Å²) in [5, 5.41) is 0. The SMILES string of the molecule is CC1=[N+](CCCS(=O)(=O)O)c2ccc(S(=O)(=O)O)cc2C1(C)C.[Na+]. The normalized spacial score (nSPS) is 16.7. The Balaban J connectivity index is 0.00000288. The Morgan fingerprint density at radius 3 is 2.21 bits per heavy atom. The van der Waals surface area contributed by atoms with Crippen molar-refractivity contribution in [3.05, 3.63) is 23.8 Å². The van der Waals surface area contributed by atoms with Crippen LogP contribution in [-0.2, 0) is 25.7 Å². The molecule has 0 fully saturated rings. The second kappa shape index (κ2) is 7.14. The third-order valence-electron chi connectivity index (χ3n) is 4.32. The second-order valence-corrected chi connectivity index (χ2v) is 9.15. The van der Waals surface area contributed by atoms with Gasteiger partial charge in [-0.3, -0.25) is 9.11 Å². The van der Waals surface area contributed by atoms with Gasteiger partial charge in [0.15, 0.2) is 5.71 Å². The van der Waals surface area contributed by atoms with Crippen LogP contribution in [0.3, 0.4) is 0 Å². The maximum Gasteiger partial charge on any atom is 1.00 e. The minimum absolute atomic E-state index is 0. The van der Waals surface area contributed by atoms with Crippen molar-refractivity contribution in [2.45, 2.75) is 37.5 Å². The first-order chi connectivity index (χ1) is 10.3. The fourth-order valence-electron chi connectivity index (χ4n) is 2.82. The summed E-state index contributed by atoms with van der Waals surface area (Å²) in [5.41, 5.74) is 2.01. The molecular weight excluding hydrogens is 365 g/mol. The van der Waals surface area contributed by atoms with Crippen molar-refractivity contribution in [3.63, 3.8) is 0 Å². The number of fused-ring (bicyclic) bond motifs is 1. The summed E-state index contributed by atoms with van der Waals surface area (Å²) in [6, 6.07) is 4.36.